The van der Waals surface area contributed by atoms with Gasteiger partial charge < -0.3 is 10.5 Å². The summed E-state index contributed by atoms with van der Waals surface area (Å²) in [5.74, 6) is -0.610. The van der Waals surface area contributed by atoms with Gasteiger partial charge in [-0.1, -0.05) is 0 Å². The van der Waals surface area contributed by atoms with Crippen LogP contribution < -0.4 is 5.73 Å². The second kappa shape index (κ2) is 5.91. The number of carbonyl (C=O) groups excluding carboxylic acids is 1. The maximum atomic E-state index is 12.8. The molecule has 0 saturated heterocycles. The number of halogens is 2. The summed E-state index contributed by atoms with van der Waals surface area (Å²) in [5.41, 5.74) is 4.27. The number of rotatable bonds is 4. The molecule has 0 unspecified atom stereocenters. The molecular weight excluding hydrogens is 244 g/mol. The van der Waals surface area contributed by atoms with Gasteiger partial charge in [0.25, 0.3) is 6.43 Å². The molecule has 0 amide bonds. The average Bonchev–Trinajstić information content (AvgIpc) is 2.31. The number of hydrogen-bond acceptors (Lipinski definition) is 5. The first-order valence-corrected chi connectivity index (χ1v) is 5.12. The Labute approximate surface area is 102 Å². The fourth-order valence-corrected chi connectivity index (χ4v) is 1.40. The van der Waals surface area contributed by atoms with Crippen LogP contribution in [0.1, 0.15) is 30.2 Å². The summed E-state index contributed by atoms with van der Waals surface area (Å²) in [6.07, 6.45) is -2.22. The Bertz CT molecular complexity index is 498. The number of esters is 1. The van der Waals surface area contributed by atoms with Crippen LogP contribution in [-0.2, 0) is 16.0 Å². The molecule has 0 aliphatic rings. The van der Waals surface area contributed by atoms with Crippen LogP contribution in [0.4, 0.5) is 14.5 Å². The number of hydrogen-bond donors (Lipinski definition) is 1. The second-order valence-corrected chi connectivity index (χ2v) is 3.34. The molecule has 0 bridgehead atoms. The van der Waals surface area contributed by atoms with Crippen molar-refractivity contribution >= 4 is 11.7 Å². The number of nitrogens with two attached hydrogens (primary N) is 1. The Kier molecular flexibility index (Phi) is 4.54. The molecule has 1 rings (SSSR count). The third kappa shape index (κ3) is 2.91. The van der Waals surface area contributed by atoms with Crippen molar-refractivity contribution in [2.24, 2.45) is 0 Å². The third-order valence-electron chi connectivity index (χ3n) is 2.20. The SMILES string of the molecule is CCOC(=O)Cc1ncc(C#N)c(C(F)F)c1N. The molecular formula is C11H11F2N3O2. The normalized spacial score (nSPS) is 10.2. The van der Waals surface area contributed by atoms with Gasteiger partial charge in [-0.05, 0) is 6.92 Å². The van der Waals surface area contributed by atoms with Crippen LogP contribution in [0.5, 0.6) is 0 Å². The molecule has 18 heavy (non-hydrogen) atoms. The number of anilines is 1. The molecule has 0 aromatic carbocycles. The minimum absolute atomic E-state index is 0.0113. The average molecular weight is 255 g/mol. The summed E-state index contributed by atoms with van der Waals surface area (Å²) in [7, 11) is 0. The van der Waals surface area contributed by atoms with Gasteiger partial charge in [0.15, 0.2) is 0 Å². The Hall–Kier alpha value is -2.23. The van der Waals surface area contributed by atoms with E-state index in [2.05, 4.69) is 9.72 Å². The summed E-state index contributed by atoms with van der Waals surface area (Å²) in [4.78, 5) is 15.0. The highest BCUT2D eigenvalue weighted by molar-refractivity contribution is 5.75. The number of nitrogens with zero attached hydrogens (tertiary/aromatic N) is 2. The van der Waals surface area contributed by atoms with Gasteiger partial charge in [0.1, 0.15) is 6.07 Å². The van der Waals surface area contributed by atoms with Crippen LogP contribution in [0, 0.1) is 11.3 Å². The van der Waals surface area contributed by atoms with Gasteiger partial charge in [-0.2, -0.15) is 5.26 Å². The zero-order valence-electron chi connectivity index (χ0n) is 9.61. The smallest absolute Gasteiger partial charge is 0.311 e. The van der Waals surface area contributed by atoms with Crippen molar-refractivity contribution in [3.63, 3.8) is 0 Å². The molecule has 1 aromatic heterocycles. The zero-order valence-corrected chi connectivity index (χ0v) is 9.61. The van der Waals surface area contributed by atoms with Crippen LogP contribution in [-0.4, -0.2) is 17.6 Å². The fourth-order valence-electron chi connectivity index (χ4n) is 1.40. The first-order chi connectivity index (χ1) is 8.51. The monoisotopic (exact) mass is 255 g/mol. The van der Waals surface area contributed by atoms with Crippen molar-refractivity contribution in [3.05, 3.63) is 23.0 Å². The van der Waals surface area contributed by atoms with E-state index >= 15 is 0 Å². The lowest BCUT2D eigenvalue weighted by Crippen LogP contribution is -2.13. The van der Waals surface area contributed by atoms with Crippen LogP contribution in [0.3, 0.4) is 0 Å². The minimum atomic E-state index is -2.90. The maximum Gasteiger partial charge on any atom is 0.311 e. The van der Waals surface area contributed by atoms with Crippen molar-refractivity contribution in [1.29, 1.82) is 5.26 Å². The summed E-state index contributed by atoms with van der Waals surface area (Å²) < 4.78 is 30.2. The quantitative estimate of drug-likeness (QED) is 0.825. The second-order valence-electron chi connectivity index (χ2n) is 3.34. The molecule has 0 saturated carbocycles. The molecule has 0 atom stereocenters. The molecule has 0 radical (unpaired) electrons. The van der Waals surface area contributed by atoms with Crippen molar-refractivity contribution < 1.29 is 18.3 Å². The van der Waals surface area contributed by atoms with Gasteiger partial charge >= 0.3 is 5.97 Å². The standard InChI is InChI=1S/C11H11F2N3O2/c1-2-18-8(17)3-7-10(15)9(11(12)13)6(4-14)5-16-7/h5,11H,2-3,15H2,1H3. The highest BCUT2D eigenvalue weighted by Gasteiger charge is 2.21. The number of carbonyl (C=O) groups is 1. The summed E-state index contributed by atoms with van der Waals surface area (Å²) in [6.45, 7) is 1.80. The van der Waals surface area contributed by atoms with Gasteiger partial charge in [0, 0.05) is 6.20 Å². The largest absolute Gasteiger partial charge is 0.466 e. The number of nitrogen functional groups attached to an aromatic ring is 1. The molecule has 5 nitrogen and oxygen atoms in total. The van der Waals surface area contributed by atoms with Crippen LogP contribution in [0.2, 0.25) is 0 Å². The first kappa shape index (κ1) is 13.8. The first-order valence-electron chi connectivity index (χ1n) is 5.12. The molecule has 0 fully saturated rings. The van der Waals surface area contributed by atoms with Gasteiger partial charge in [-0.15, -0.1) is 0 Å². The van der Waals surface area contributed by atoms with E-state index in [1.807, 2.05) is 0 Å². The molecule has 0 aliphatic heterocycles. The van der Waals surface area contributed by atoms with Gasteiger partial charge in [0.2, 0.25) is 0 Å². The Morgan fingerprint density at radius 1 is 1.67 bits per heavy atom. The Balaban J connectivity index is 3.13. The van der Waals surface area contributed by atoms with E-state index in [-0.39, 0.29) is 30.0 Å². The number of ether oxygens (including phenoxy) is 1. The predicted molar refractivity (Wildman–Crippen MR) is 58.7 cm³/mol. The van der Waals surface area contributed by atoms with Crippen molar-refractivity contribution in [1.82, 2.24) is 4.98 Å². The molecule has 2 N–H and O–H groups in total. The van der Waals surface area contributed by atoms with E-state index in [9.17, 15) is 13.6 Å². The van der Waals surface area contributed by atoms with E-state index < -0.39 is 18.0 Å². The predicted octanol–water partition coefficient (Wildman–Crippen LogP) is 1.58. The van der Waals surface area contributed by atoms with E-state index in [4.69, 9.17) is 11.0 Å². The number of pyridine rings is 1. The summed E-state index contributed by atoms with van der Waals surface area (Å²) in [5, 5.41) is 8.68. The number of nitriles is 1. The van der Waals surface area contributed by atoms with Crippen LogP contribution in [0.15, 0.2) is 6.20 Å². The highest BCUT2D eigenvalue weighted by atomic mass is 19.3. The Morgan fingerprint density at radius 2 is 2.33 bits per heavy atom. The van der Waals surface area contributed by atoms with Gasteiger partial charge in [-0.3, -0.25) is 9.78 Å². The summed E-state index contributed by atoms with van der Waals surface area (Å²) in [6, 6.07) is 1.58. The van der Waals surface area contributed by atoms with Crippen molar-refractivity contribution in [3.8, 4) is 6.07 Å². The van der Waals surface area contributed by atoms with E-state index in [0.717, 1.165) is 6.20 Å². The van der Waals surface area contributed by atoms with Gasteiger partial charge in [0.05, 0.1) is 35.5 Å². The lowest BCUT2D eigenvalue weighted by Gasteiger charge is -2.10. The van der Waals surface area contributed by atoms with Crippen LogP contribution in [0.25, 0.3) is 0 Å². The molecule has 7 heteroatoms. The lowest BCUT2D eigenvalue weighted by molar-refractivity contribution is -0.142. The lowest BCUT2D eigenvalue weighted by atomic mass is 10.1. The molecule has 0 spiro atoms. The van der Waals surface area contributed by atoms with Crippen molar-refractivity contribution in [2.75, 3.05) is 12.3 Å². The summed E-state index contributed by atoms with van der Waals surface area (Å²) >= 11 is 0. The molecule has 1 heterocycles. The molecule has 0 aliphatic carbocycles. The zero-order chi connectivity index (χ0) is 13.7. The Morgan fingerprint density at radius 3 is 2.83 bits per heavy atom. The van der Waals surface area contributed by atoms with E-state index in [0.29, 0.717) is 0 Å². The maximum absolute atomic E-state index is 12.8. The van der Waals surface area contributed by atoms with Crippen molar-refractivity contribution in [2.45, 2.75) is 19.8 Å². The van der Waals surface area contributed by atoms with Gasteiger partial charge in [-0.25, -0.2) is 8.78 Å². The highest BCUT2D eigenvalue weighted by Crippen LogP contribution is 2.30. The number of aromatic nitrogens is 1. The molecule has 96 valence electrons. The minimum Gasteiger partial charge on any atom is -0.466 e. The van der Waals surface area contributed by atoms with Crippen LogP contribution >= 0.6 is 0 Å². The van der Waals surface area contributed by atoms with E-state index in [1.165, 1.54) is 0 Å². The fraction of sp³-hybridized carbons (Fsp3) is 0.364. The molecule has 1 aromatic rings. The van der Waals surface area contributed by atoms with E-state index in [1.54, 1.807) is 13.0 Å². The third-order valence-corrected chi connectivity index (χ3v) is 2.20. The topological polar surface area (TPSA) is 89.0 Å². The number of alkyl halides is 2.